The van der Waals surface area contributed by atoms with Crippen LogP contribution in [0.2, 0.25) is 5.02 Å². The van der Waals surface area contributed by atoms with Crippen molar-refractivity contribution < 1.29 is 13.6 Å². The van der Waals surface area contributed by atoms with Gasteiger partial charge in [0.25, 0.3) is 5.91 Å². The number of rotatable bonds is 3. The molecule has 1 aliphatic rings. The van der Waals surface area contributed by atoms with E-state index in [-0.39, 0.29) is 5.91 Å². The van der Waals surface area contributed by atoms with Gasteiger partial charge in [-0.15, -0.1) is 0 Å². The average Bonchev–Trinajstić information content (AvgIpc) is 3.41. The van der Waals surface area contributed by atoms with E-state index in [0.717, 1.165) is 30.0 Å². The van der Waals surface area contributed by atoms with Crippen LogP contribution in [0.4, 0.5) is 5.69 Å². The highest BCUT2D eigenvalue weighted by molar-refractivity contribution is 6.34. The number of carbonyl (C=O) groups excluding carboxylic acids is 1. The number of aryl methyl sites for hydroxylation is 2. The number of para-hydroxylation sites is 1. The molecule has 0 radical (unpaired) electrons. The summed E-state index contributed by atoms with van der Waals surface area (Å²) in [6, 6.07) is 19.7. The highest BCUT2D eigenvalue weighted by Gasteiger charge is 2.23. The molecule has 3 aromatic carbocycles. The Kier molecular flexibility index (Phi) is 4.59. The van der Waals surface area contributed by atoms with Gasteiger partial charge >= 0.3 is 5.63 Å². The van der Waals surface area contributed by atoms with Crippen LogP contribution < -0.4 is 10.9 Å². The van der Waals surface area contributed by atoms with Crippen molar-refractivity contribution in [3.63, 3.8) is 0 Å². The molecule has 33 heavy (non-hydrogen) atoms. The molecule has 2 heterocycles. The first kappa shape index (κ1) is 19.8. The fourth-order valence-electron chi connectivity index (χ4n) is 4.60. The predicted molar refractivity (Wildman–Crippen MR) is 129 cm³/mol. The molecule has 6 heteroatoms. The number of hydrogen-bond donors (Lipinski definition) is 1. The zero-order chi connectivity index (χ0) is 22.5. The Morgan fingerprint density at radius 1 is 0.848 bits per heavy atom. The van der Waals surface area contributed by atoms with Crippen molar-refractivity contribution >= 4 is 45.1 Å². The van der Waals surface area contributed by atoms with Gasteiger partial charge in [0, 0.05) is 22.4 Å². The lowest BCUT2D eigenvalue weighted by molar-refractivity contribution is 0.102. The third-order valence-corrected chi connectivity index (χ3v) is 6.48. The number of halogens is 1. The Bertz CT molecular complexity index is 1630. The maximum Gasteiger partial charge on any atom is 0.336 e. The molecule has 0 saturated carbocycles. The summed E-state index contributed by atoms with van der Waals surface area (Å²) in [6.07, 6.45) is 3.04. The number of anilines is 1. The Morgan fingerprint density at radius 2 is 1.61 bits per heavy atom. The van der Waals surface area contributed by atoms with Crippen LogP contribution >= 0.6 is 11.6 Å². The van der Waals surface area contributed by atoms with Crippen molar-refractivity contribution in [1.82, 2.24) is 0 Å². The van der Waals surface area contributed by atoms with Gasteiger partial charge in [-0.25, -0.2) is 4.79 Å². The smallest absolute Gasteiger partial charge is 0.336 e. The zero-order valence-electron chi connectivity index (χ0n) is 17.5. The molecular weight excluding hydrogens is 438 g/mol. The standard InChI is InChI=1S/C27H18ClNO4/c28-21-10-3-1-8-17(21)27(31)29-25-18-9-2-4-11-22(18)33-26(25)20-14-24(30)32-23-13-16-7-5-6-15(16)12-19(20)23/h1-4,8-14H,5-7H2,(H,29,31). The molecule has 1 amide bonds. The second-order valence-corrected chi connectivity index (χ2v) is 8.59. The molecule has 0 atom stereocenters. The highest BCUT2D eigenvalue weighted by Crippen LogP contribution is 2.41. The van der Waals surface area contributed by atoms with E-state index < -0.39 is 5.63 Å². The first-order valence-electron chi connectivity index (χ1n) is 10.8. The third kappa shape index (κ3) is 3.33. The summed E-state index contributed by atoms with van der Waals surface area (Å²) in [5.41, 5.74) is 4.52. The second-order valence-electron chi connectivity index (χ2n) is 8.19. The molecule has 0 spiro atoms. The lowest BCUT2D eigenvalue weighted by Crippen LogP contribution is -2.13. The van der Waals surface area contributed by atoms with Crippen molar-refractivity contribution in [2.45, 2.75) is 19.3 Å². The minimum Gasteiger partial charge on any atom is -0.454 e. The summed E-state index contributed by atoms with van der Waals surface area (Å²) in [6.45, 7) is 0. The molecule has 6 rings (SSSR count). The van der Waals surface area contributed by atoms with Crippen molar-refractivity contribution in [1.29, 1.82) is 0 Å². The number of benzene rings is 3. The Balaban J connectivity index is 1.58. The van der Waals surface area contributed by atoms with E-state index in [9.17, 15) is 9.59 Å². The van der Waals surface area contributed by atoms with Gasteiger partial charge < -0.3 is 14.2 Å². The fourth-order valence-corrected chi connectivity index (χ4v) is 4.82. The van der Waals surface area contributed by atoms with E-state index in [1.54, 1.807) is 24.3 Å². The Morgan fingerprint density at radius 3 is 2.45 bits per heavy atom. The van der Waals surface area contributed by atoms with Crippen LogP contribution in [0.3, 0.4) is 0 Å². The van der Waals surface area contributed by atoms with Crippen LogP contribution in [0.15, 0.2) is 80.4 Å². The van der Waals surface area contributed by atoms with Crippen LogP contribution in [-0.2, 0) is 12.8 Å². The van der Waals surface area contributed by atoms with Crippen LogP contribution in [0.25, 0.3) is 33.3 Å². The molecular formula is C27H18ClNO4. The second kappa shape index (κ2) is 7.64. The minimum atomic E-state index is -0.473. The molecule has 0 fully saturated rings. The van der Waals surface area contributed by atoms with Gasteiger partial charge in [-0.2, -0.15) is 0 Å². The molecule has 2 aromatic heterocycles. The third-order valence-electron chi connectivity index (χ3n) is 6.15. The number of furan rings is 1. The fraction of sp³-hybridized carbons (Fsp3) is 0.111. The highest BCUT2D eigenvalue weighted by atomic mass is 35.5. The van der Waals surface area contributed by atoms with Crippen LogP contribution in [0.5, 0.6) is 0 Å². The number of fused-ring (bicyclic) bond motifs is 3. The monoisotopic (exact) mass is 455 g/mol. The van der Waals surface area contributed by atoms with Gasteiger partial charge in [-0.1, -0.05) is 35.9 Å². The van der Waals surface area contributed by atoms with Gasteiger partial charge in [0.2, 0.25) is 0 Å². The van der Waals surface area contributed by atoms with Gasteiger partial charge in [-0.3, -0.25) is 4.79 Å². The topological polar surface area (TPSA) is 72.5 Å². The van der Waals surface area contributed by atoms with Crippen LogP contribution in [0, 0.1) is 0 Å². The number of amides is 1. The SMILES string of the molecule is O=C(Nc1c(-c2cc(=O)oc3cc4c(cc23)CCC4)oc2ccccc12)c1ccccc1Cl. The average molecular weight is 456 g/mol. The molecule has 5 nitrogen and oxygen atoms in total. The summed E-state index contributed by atoms with van der Waals surface area (Å²) < 4.78 is 11.7. The molecule has 162 valence electrons. The van der Waals surface area contributed by atoms with Crippen molar-refractivity contribution in [3.05, 3.63) is 98.9 Å². The van der Waals surface area contributed by atoms with E-state index in [1.165, 1.54) is 17.2 Å². The van der Waals surface area contributed by atoms with Gasteiger partial charge in [-0.05, 0) is 66.8 Å². The lowest BCUT2D eigenvalue weighted by Gasteiger charge is -2.10. The number of nitrogens with one attached hydrogen (secondary N) is 1. The quantitative estimate of drug-likeness (QED) is 0.311. The first-order chi connectivity index (χ1) is 16.1. The van der Waals surface area contributed by atoms with Crippen LogP contribution in [0.1, 0.15) is 27.9 Å². The Labute approximate surface area is 193 Å². The van der Waals surface area contributed by atoms with E-state index >= 15 is 0 Å². The van der Waals surface area contributed by atoms with Crippen molar-refractivity contribution in [3.8, 4) is 11.3 Å². The molecule has 1 N–H and O–H groups in total. The lowest BCUT2D eigenvalue weighted by atomic mass is 10.0. The van der Waals surface area contributed by atoms with Gasteiger partial charge in [0.1, 0.15) is 11.2 Å². The predicted octanol–water partition coefficient (Wildman–Crippen LogP) is 6.60. The summed E-state index contributed by atoms with van der Waals surface area (Å²) in [5.74, 6) is 0.0500. The maximum atomic E-state index is 13.1. The first-order valence-corrected chi connectivity index (χ1v) is 11.1. The molecule has 0 saturated heterocycles. The zero-order valence-corrected chi connectivity index (χ0v) is 18.2. The summed E-state index contributed by atoms with van der Waals surface area (Å²) in [7, 11) is 0. The number of carbonyl (C=O) groups is 1. The molecule has 1 aliphatic carbocycles. The summed E-state index contributed by atoms with van der Waals surface area (Å²) in [4.78, 5) is 25.6. The van der Waals surface area contributed by atoms with Crippen molar-refractivity contribution in [2.75, 3.05) is 5.32 Å². The molecule has 5 aromatic rings. The van der Waals surface area contributed by atoms with Gasteiger partial charge in [0.15, 0.2) is 5.76 Å². The Hall–Kier alpha value is -3.83. The summed E-state index contributed by atoms with van der Waals surface area (Å²) >= 11 is 6.25. The largest absolute Gasteiger partial charge is 0.454 e. The molecule has 0 unspecified atom stereocenters. The van der Waals surface area contributed by atoms with Gasteiger partial charge in [0.05, 0.1) is 16.3 Å². The summed E-state index contributed by atoms with van der Waals surface area (Å²) in [5, 5.41) is 4.84. The van der Waals surface area contributed by atoms with E-state index in [4.69, 9.17) is 20.4 Å². The van der Waals surface area contributed by atoms with E-state index in [1.807, 2.05) is 30.3 Å². The molecule has 0 bridgehead atoms. The maximum absolute atomic E-state index is 13.1. The van der Waals surface area contributed by atoms with Crippen LogP contribution in [-0.4, -0.2) is 5.91 Å². The minimum absolute atomic E-state index is 0.352. The normalized spacial score (nSPS) is 12.9. The van der Waals surface area contributed by atoms with E-state index in [2.05, 4.69) is 11.4 Å². The van der Waals surface area contributed by atoms with Crippen molar-refractivity contribution in [2.24, 2.45) is 0 Å². The molecule has 0 aliphatic heterocycles. The van der Waals surface area contributed by atoms with E-state index in [0.29, 0.717) is 38.8 Å². The number of hydrogen-bond acceptors (Lipinski definition) is 4.